The first-order chi connectivity index (χ1) is 7.16. The van der Waals surface area contributed by atoms with Crippen molar-refractivity contribution in [3.05, 3.63) is 35.4 Å². The lowest BCUT2D eigenvalue weighted by atomic mass is 9.94. The van der Waals surface area contributed by atoms with E-state index in [1.807, 2.05) is 0 Å². The fourth-order valence-corrected chi connectivity index (χ4v) is 2.29. The van der Waals surface area contributed by atoms with Crippen molar-refractivity contribution in [2.75, 3.05) is 0 Å². The number of hydrogen-bond acceptors (Lipinski definition) is 1. The molecule has 82 valence electrons. The van der Waals surface area contributed by atoms with E-state index in [1.54, 1.807) is 0 Å². The maximum atomic E-state index is 12.9. The molecule has 1 aromatic rings. The van der Waals surface area contributed by atoms with Crippen molar-refractivity contribution in [1.82, 2.24) is 0 Å². The van der Waals surface area contributed by atoms with Crippen LogP contribution in [0.15, 0.2) is 18.2 Å². The van der Waals surface area contributed by atoms with Crippen LogP contribution in [0.25, 0.3) is 0 Å². The molecule has 1 aliphatic rings. The zero-order valence-corrected chi connectivity index (χ0v) is 8.42. The molecular weight excluding hydrogens is 198 g/mol. The first kappa shape index (κ1) is 10.6. The average molecular weight is 212 g/mol. The Hall–Kier alpha value is -0.960. The van der Waals surface area contributed by atoms with Crippen LogP contribution >= 0.6 is 0 Å². The number of aliphatic hydroxyl groups excluding tert-OH is 1. The second-order valence-electron chi connectivity index (χ2n) is 4.19. The van der Waals surface area contributed by atoms with Crippen LogP contribution in [0.5, 0.6) is 0 Å². The van der Waals surface area contributed by atoms with Crippen molar-refractivity contribution in [2.24, 2.45) is 5.92 Å². The summed E-state index contributed by atoms with van der Waals surface area (Å²) in [6, 6.07) is 3.25. The summed E-state index contributed by atoms with van der Waals surface area (Å²) in [5, 5.41) is 9.94. The van der Waals surface area contributed by atoms with Crippen molar-refractivity contribution < 1.29 is 13.9 Å². The molecule has 2 rings (SSSR count). The molecule has 1 atom stereocenters. The Morgan fingerprint density at radius 3 is 2.13 bits per heavy atom. The molecule has 0 aromatic heterocycles. The summed E-state index contributed by atoms with van der Waals surface area (Å²) in [5.74, 6) is -1.09. The number of hydrogen-bond donors (Lipinski definition) is 1. The highest BCUT2D eigenvalue weighted by atomic mass is 19.1. The Morgan fingerprint density at radius 1 is 1.07 bits per heavy atom. The second kappa shape index (κ2) is 4.27. The third-order valence-electron chi connectivity index (χ3n) is 3.07. The minimum Gasteiger partial charge on any atom is -0.388 e. The Balaban J connectivity index is 2.20. The van der Waals surface area contributed by atoms with Crippen molar-refractivity contribution in [3.63, 3.8) is 0 Å². The summed E-state index contributed by atoms with van der Waals surface area (Å²) in [4.78, 5) is 0. The highest BCUT2D eigenvalue weighted by Gasteiger charge is 2.25. The molecule has 0 amide bonds. The summed E-state index contributed by atoms with van der Waals surface area (Å²) in [6.07, 6.45) is 3.36. The molecule has 0 radical (unpaired) electrons. The third kappa shape index (κ3) is 2.34. The van der Waals surface area contributed by atoms with Gasteiger partial charge in [-0.05, 0) is 36.5 Å². The first-order valence-electron chi connectivity index (χ1n) is 5.31. The summed E-state index contributed by atoms with van der Waals surface area (Å²) >= 11 is 0. The van der Waals surface area contributed by atoms with Gasteiger partial charge in [-0.3, -0.25) is 0 Å². The monoisotopic (exact) mass is 212 g/mol. The zero-order valence-electron chi connectivity index (χ0n) is 8.42. The first-order valence-corrected chi connectivity index (χ1v) is 5.31. The molecule has 0 saturated heterocycles. The molecule has 1 aromatic carbocycles. The lowest BCUT2D eigenvalue weighted by Gasteiger charge is -2.17. The summed E-state index contributed by atoms with van der Waals surface area (Å²) in [6.45, 7) is 0. The second-order valence-corrected chi connectivity index (χ2v) is 4.19. The van der Waals surface area contributed by atoms with Crippen molar-refractivity contribution in [1.29, 1.82) is 0 Å². The van der Waals surface area contributed by atoms with Crippen LogP contribution in [0, 0.1) is 17.6 Å². The van der Waals surface area contributed by atoms with Gasteiger partial charge in [0, 0.05) is 6.07 Å². The van der Waals surface area contributed by atoms with Crippen LogP contribution in [0.1, 0.15) is 37.4 Å². The number of benzene rings is 1. The van der Waals surface area contributed by atoms with E-state index in [0.29, 0.717) is 5.56 Å². The molecule has 0 bridgehead atoms. The summed E-state index contributed by atoms with van der Waals surface area (Å²) < 4.78 is 25.8. The van der Waals surface area contributed by atoms with E-state index in [-0.39, 0.29) is 5.92 Å². The predicted octanol–water partition coefficient (Wildman–Crippen LogP) is 3.19. The van der Waals surface area contributed by atoms with Gasteiger partial charge >= 0.3 is 0 Å². The van der Waals surface area contributed by atoms with E-state index in [4.69, 9.17) is 0 Å². The molecule has 3 heteroatoms. The zero-order chi connectivity index (χ0) is 10.8. The molecule has 1 nitrogen and oxygen atoms in total. The van der Waals surface area contributed by atoms with Crippen LogP contribution < -0.4 is 0 Å². The standard InChI is InChI=1S/C12H14F2O/c13-10-5-9(6-11(14)7-10)12(15)8-3-1-2-4-8/h5-8,12,15H,1-4H2/t12-/m0/s1. The van der Waals surface area contributed by atoms with E-state index < -0.39 is 17.7 Å². The molecular formula is C12H14F2O. The lowest BCUT2D eigenvalue weighted by Crippen LogP contribution is -2.09. The van der Waals surface area contributed by atoms with E-state index in [1.165, 1.54) is 12.1 Å². The van der Waals surface area contributed by atoms with Gasteiger partial charge < -0.3 is 5.11 Å². The van der Waals surface area contributed by atoms with Crippen LogP contribution in [0.4, 0.5) is 8.78 Å². The van der Waals surface area contributed by atoms with Gasteiger partial charge in [0.05, 0.1) is 6.10 Å². The largest absolute Gasteiger partial charge is 0.388 e. The van der Waals surface area contributed by atoms with Crippen LogP contribution in [0.3, 0.4) is 0 Å². The normalized spacial score (nSPS) is 19.4. The van der Waals surface area contributed by atoms with Crippen molar-refractivity contribution in [3.8, 4) is 0 Å². The highest BCUT2D eigenvalue weighted by molar-refractivity contribution is 5.20. The van der Waals surface area contributed by atoms with Crippen LogP contribution in [-0.2, 0) is 0 Å². The van der Waals surface area contributed by atoms with E-state index in [9.17, 15) is 13.9 Å². The van der Waals surface area contributed by atoms with Gasteiger partial charge in [-0.25, -0.2) is 8.78 Å². The van der Waals surface area contributed by atoms with E-state index in [0.717, 1.165) is 31.7 Å². The topological polar surface area (TPSA) is 20.2 Å². The number of halogens is 2. The molecule has 0 spiro atoms. The third-order valence-corrected chi connectivity index (χ3v) is 3.07. The highest BCUT2D eigenvalue weighted by Crippen LogP contribution is 2.35. The number of rotatable bonds is 2. The van der Waals surface area contributed by atoms with Gasteiger partial charge in [0.25, 0.3) is 0 Å². The molecule has 0 aliphatic heterocycles. The minimum absolute atomic E-state index is 0.159. The van der Waals surface area contributed by atoms with Crippen LogP contribution in [-0.4, -0.2) is 5.11 Å². The Bertz CT molecular complexity index is 325. The Kier molecular flexibility index (Phi) is 3.00. The van der Waals surface area contributed by atoms with Gasteiger partial charge in [0.15, 0.2) is 0 Å². The Labute approximate surface area is 87.7 Å². The Morgan fingerprint density at radius 2 is 1.60 bits per heavy atom. The van der Waals surface area contributed by atoms with E-state index >= 15 is 0 Å². The van der Waals surface area contributed by atoms with Gasteiger partial charge in [0.2, 0.25) is 0 Å². The summed E-state index contributed by atoms with van der Waals surface area (Å²) in [5.41, 5.74) is 0.361. The molecule has 0 heterocycles. The van der Waals surface area contributed by atoms with Gasteiger partial charge in [-0.2, -0.15) is 0 Å². The quantitative estimate of drug-likeness (QED) is 0.798. The summed E-state index contributed by atoms with van der Waals surface area (Å²) in [7, 11) is 0. The molecule has 1 N–H and O–H groups in total. The maximum absolute atomic E-state index is 12.9. The lowest BCUT2D eigenvalue weighted by molar-refractivity contribution is 0.111. The smallest absolute Gasteiger partial charge is 0.126 e. The molecule has 1 fully saturated rings. The van der Waals surface area contributed by atoms with Crippen molar-refractivity contribution in [2.45, 2.75) is 31.8 Å². The minimum atomic E-state index is -0.724. The maximum Gasteiger partial charge on any atom is 0.126 e. The predicted molar refractivity (Wildman–Crippen MR) is 53.3 cm³/mol. The molecule has 1 saturated carbocycles. The molecule has 0 unspecified atom stereocenters. The molecule has 1 aliphatic carbocycles. The van der Waals surface area contributed by atoms with Gasteiger partial charge in [-0.1, -0.05) is 12.8 Å². The van der Waals surface area contributed by atoms with Crippen LogP contribution in [0.2, 0.25) is 0 Å². The fourth-order valence-electron chi connectivity index (χ4n) is 2.29. The number of aliphatic hydroxyl groups is 1. The average Bonchev–Trinajstić information content (AvgIpc) is 2.67. The van der Waals surface area contributed by atoms with E-state index in [2.05, 4.69) is 0 Å². The fraction of sp³-hybridized carbons (Fsp3) is 0.500. The van der Waals surface area contributed by atoms with Crippen molar-refractivity contribution >= 4 is 0 Å². The van der Waals surface area contributed by atoms with Gasteiger partial charge in [0.1, 0.15) is 11.6 Å². The SMILES string of the molecule is O[C@H](c1cc(F)cc(F)c1)C1CCCC1. The molecule has 15 heavy (non-hydrogen) atoms. The van der Waals surface area contributed by atoms with Gasteiger partial charge in [-0.15, -0.1) is 0 Å².